The van der Waals surface area contributed by atoms with Gasteiger partial charge in [-0.3, -0.25) is 0 Å². The Morgan fingerprint density at radius 2 is 2.00 bits per heavy atom. The van der Waals surface area contributed by atoms with Gasteiger partial charge in [-0.25, -0.2) is 4.79 Å². The fourth-order valence-corrected chi connectivity index (χ4v) is 2.26. The Balaban J connectivity index is 1.87. The first kappa shape index (κ1) is 15.5. The summed E-state index contributed by atoms with van der Waals surface area (Å²) in [7, 11) is 1.67. The largest absolute Gasteiger partial charge is 0.496 e. The molecule has 21 heavy (non-hydrogen) atoms. The highest BCUT2D eigenvalue weighted by molar-refractivity contribution is 5.70. The molecule has 1 saturated heterocycles. The van der Waals surface area contributed by atoms with E-state index in [9.17, 15) is 4.79 Å². The van der Waals surface area contributed by atoms with Crippen molar-refractivity contribution in [2.45, 2.75) is 39.3 Å². The van der Waals surface area contributed by atoms with Crippen molar-refractivity contribution >= 4 is 11.8 Å². The molecule has 1 aliphatic heterocycles. The summed E-state index contributed by atoms with van der Waals surface area (Å²) in [6.45, 7) is 8.96. The van der Waals surface area contributed by atoms with E-state index in [1.807, 2.05) is 45.9 Å². The van der Waals surface area contributed by atoms with Crippen LogP contribution in [0.25, 0.3) is 0 Å². The molecular formula is C16H24N2O3. The molecule has 0 bridgehead atoms. The molecule has 0 saturated carbocycles. The molecule has 1 aromatic carbocycles. The highest BCUT2D eigenvalue weighted by atomic mass is 16.6. The maximum absolute atomic E-state index is 11.9. The Labute approximate surface area is 126 Å². The minimum absolute atomic E-state index is 0.247. The number of rotatable bonds is 3. The summed E-state index contributed by atoms with van der Waals surface area (Å²) >= 11 is 0. The fraction of sp³-hybridized carbons (Fsp3) is 0.562. The van der Waals surface area contributed by atoms with Gasteiger partial charge in [0.25, 0.3) is 0 Å². The van der Waals surface area contributed by atoms with E-state index in [1.165, 1.54) is 0 Å². The molecule has 1 heterocycles. The summed E-state index contributed by atoms with van der Waals surface area (Å²) in [6, 6.07) is 6.17. The number of hydrogen-bond donors (Lipinski definition) is 1. The summed E-state index contributed by atoms with van der Waals surface area (Å²) in [5.41, 5.74) is 1.68. The molecule has 5 heteroatoms. The van der Waals surface area contributed by atoms with E-state index in [4.69, 9.17) is 9.47 Å². The molecule has 0 aromatic heterocycles. The number of amides is 1. The average Bonchev–Trinajstić information content (AvgIpc) is 2.32. The third-order valence-corrected chi connectivity index (χ3v) is 3.40. The summed E-state index contributed by atoms with van der Waals surface area (Å²) in [4.78, 5) is 13.6. The van der Waals surface area contributed by atoms with Crippen molar-refractivity contribution in [1.82, 2.24) is 4.90 Å². The second kappa shape index (κ2) is 5.84. The molecule has 0 unspecified atom stereocenters. The standard InChI is InChI=1S/C16H24N2O3/c1-11-13(7-6-8-14(11)20-5)17-12-9-18(10-12)15(19)21-16(2,3)4/h6-8,12,17H,9-10H2,1-5H3. The number of methoxy groups -OCH3 is 1. The first-order chi connectivity index (χ1) is 9.80. The van der Waals surface area contributed by atoms with Crippen LogP contribution in [-0.4, -0.2) is 42.8 Å². The minimum Gasteiger partial charge on any atom is -0.496 e. The van der Waals surface area contributed by atoms with Crippen molar-refractivity contribution in [2.75, 3.05) is 25.5 Å². The third-order valence-electron chi connectivity index (χ3n) is 3.40. The number of likely N-dealkylation sites (tertiary alicyclic amines) is 1. The number of carbonyl (C=O) groups is 1. The Morgan fingerprint density at radius 1 is 1.33 bits per heavy atom. The Kier molecular flexibility index (Phi) is 4.30. The van der Waals surface area contributed by atoms with Crippen molar-refractivity contribution in [3.63, 3.8) is 0 Å². The Hall–Kier alpha value is -1.91. The normalized spacial score (nSPS) is 15.4. The predicted molar refractivity (Wildman–Crippen MR) is 82.9 cm³/mol. The molecule has 0 radical (unpaired) electrons. The molecule has 116 valence electrons. The van der Waals surface area contributed by atoms with Crippen molar-refractivity contribution in [3.8, 4) is 5.75 Å². The van der Waals surface area contributed by atoms with Gasteiger partial charge in [0.15, 0.2) is 0 Å². The van der Waals surface area contributed by atoms with Gasteiger partial charge in [-0.05, 0) is 39.8 Å². The van der Waals surface area contributed by atoms with Crippen molar-refractivity contribution in [2.24, 2.45) is 0 Å². The zero-order valence-corrected chi connectivity index (χ0v) is 13.4. The van der Waals surface area contributed by atoms with Gasteiger partial charge >= 0.3 is 6.09 Å². The first-order valence-corrected chi connectivity index (χ1v) is 7.18. The number of benzene rings is 1. The number of anilines is 1. The second-order valence-electron chi connectivity index (χ2n) is 6.36. The van der Waals surface area contributed by atoms with Gasteiger partial charge in [0.2, 0.25) is 0 Å². The molecule has 2 rings (SSSR count). The average molecular weight is 292 g/mol. The van der Waals surface area contributed by atoms with Crippen LogP contribution < -0.4 is 10.1 Å². The molecule has 1 N–H and O–H groups in total. The van der Waals surface area contributed by atoms with E-state index in [0.29, 0.717) is 13.1 Å². The fourth-order valence-electron chi connectivity index (χ4n) is 2.26. The molecule has 0 spiro atoms. The summed E-state index contributed by atoms with van der Waals surface area (Å²) in [6.07, 6.45) is -0.247. The highest BCUT2D eigenvalue weighted by Crippen LogP contribution is 2.27. The van der Waals surface area contributed by atoms with Gasteiger partial charge in [0.1, 0.15) is 11.4 Å². The highest BCUT2D eigenvalue weighted by Gasteiger charge is 2.33. The van der Waals surface area contributed by atoms with Crippen LogP contribution in [0.1, 0.15) is 26.3 Å². The maximum atomic E-state index is 11.9. The monoisotopic (exact) mass is 292 g/mol. The van der Waals surface area contributed by atoms with Gasteiger partial charge < -0.3 is 19.7 Å². The van der Waals surface area contributed by atoms with E-state index in [1.54, 1.807) is 12.0 Å². The van der Waals surface area contributed by atoms with Gasteiger partial charge in [0, 0.05) is 24.3 Å². The summed E-state index contributed by atoms with van der Waals surface area (Å²) in [5, 5.41) is 3.44. The molecule has 0 aliphatic carbocycles. The maximum Gasteiger partial charge on any atom is 0.410 e. The van der Waals surface area contributed by atoms with Gasteiger partial charge in [-0.2, -0.15) is 0 Å². The van der Waals surface area contributed by atoms with E-state index in [2.05, 4.69) is 5.32 Å². The van der Waals surface area contributed by atoms with Gasteiger partial charge in [0.05, 0.1) is 13.2 Å². The van der Waals surface area contributed by atoms with E-state index in [-0.39, 0.29) is 12.1 Å². The lowest BCUT2D eigenvalue weighted by molar-refractivity contribution is 0.0105. The molecular weight excluding hydrogens is 268 g/mol. The van der Waals surface area contributed by atoms with E-state index < -0.39 is 5.60 Å². The smallest absolute Gasteiger partial charge is 0.410 e. The van der Waals surface area contributed by atoms with E-state index in [0.717, 1.165) is 17.0 Å². The van der Waals surface area contributed by atoms with Crippen molar-refractivity contribution in [3.05, 3.63) is 23.8 Å². The van der Waals surface area contributed by atoms with Crippen LogP contribution in [0.3, 0.4) is 0 Å². The summed E-state index contributed by atoms with van der Waals surface area (Å²) < 4.78 is 10.6. The molecule has 1 fully saturated rings. The van der Waals surface area contributed by atoms with Gasteiger partial charge in [-0.1, -0.05) is 6.07 Å². The molecule has 0 atom stereocenters. The lowest BCUT2D eigenvalue weighted by Gasteiger charge is -2.40. The van der Waals surface area contributed by atoms with Crippen LogP contribution in [0.2, 0.25) is 0 Å². The SMILES string of the molecule is COc1cccc(NC2CN(C(=O)OC(C)(C)C)C2)c1C. The summed E-state index contributed by atoms with van der Waals surface area (Å²) in [5.74, 6) is 0.864. The number of nitrogens with zero attached hydrogens (tertiary/aromatic N) is 1. The molecule has 5 nitrogen and oxygen atoms in total. The Morgan fingerprint density at radius 3 is 2.57 bits per heavy atom. The third kappa shape index (κ3) is 3.80. The minimum atomic E-state index is -0.445. The number of nitrogens with one attached hydrogen (secondary N) is 1. The van der Waals surface area contributed by atoms with Crippen LogP contribution in [0, 0.1) is 6.92 Å². The molecule has 1 aromatic rings. The number of ether oxygens (including phenoxy) is 2. The van der Waals surface area contributed by atoms with Crippen LogP contribution in [0.15, 0.2) is 18.2 Å². The van der Waals surface area contributed by atoms with Crippen molar-refractivity contribution < 1.29 is 14.3 Å². The van der Waals surface area contributed by atoms with Crippen molar-refractivity contribution in [1.29, 1.82) is 0 Å². The van der Waals surface area contributed by atoms with Crippen LogP contribution in [0.4, 0.5) is 10.5 Å². The zero-order valence-electron chi connectivity index (χ0n) is 13.4. The Bertz CT molecular complexity index is 517. The molecule has 1 amide bonds. The van der Waals surface area contributed by atoms with E-state index >= 15 is 0 Å². The zero-order chi connectivity index (χ0) is 15.6. The number of hydrogen-bond acceptors (Lipinski definition) is 4. The quantitative estimate of drug-likeness (QED) is 0.930. The lowest BCUT2D eigenvalue weighted by atomic mass is 10.1. The second-order valence-corrected chi connectivity index (χ2v) is 6.36. The predicted octanol–water partition coefficient (Wildman–Crippen LogP) is 3.03. The van der Waals surface area contributed by atoms with Gasteiger partial charge in [-0.15, -0.1) is 0 Å². The number of carbonyl (C=O) groups excluding carboxylic acids is 1. The topological polar surface area (TPSA) is 50.8 Å². The van der Waals surface area contributed by atoms with Crippen LogP contribution in [0.5, 0.6) is 5.75 Å². The first-order valence-electron chi connectivity index (χ1n) is 7.18. The lowest BCUT2D eigenvalue weighted by Crippen LogP contribution is -2.58. The van der Waals surface area contributed by atoms with Crippen LogP contribution in [-0.2, 0) is 4.74 Å². The van der Waals surface area contributed by atoms with Crippen LogP contribution >= 0.6 is 0 Å². The molecule has 1 aliphatic rings.